The van der Waals surface area contributed by atoms with Crippen LogP contribution in [0.25, 0.3) is 11.7 Å². The van der Waals surface area contributed by atoms with E-state index in [-0.39, 0.29) is 30.7 Å². The summed E-state index contributed by atoms with van der Waals surface area (Å²) in [7, 11) is 0. The number of carbonyl (C=O) groups excluding carboxylic acids is 1. The highest BCUT2D eigenvalue weighted by molar-refractivity contribution is 8.04. The predicted octanol–water partition coefficient (Wildman–Crippen LogP) is 2.75. The molecule has 1 N–H and O–H groups in total. The van der Waals surface area contributed by atoms with Gasteiger partial charge < -0.3 is 0 Å². The average Bonchev–Trinajstić information content (AvgIpc) is 3.10. The molecule has 0 aliphatic carbocycles. The number of amides is 1. The van der Waals surface area contributed by atoms with Gasteiger partial charge in [-0.25, -0.2) is 9.99 Å². The van der Waals surface area contributed by atoms with Crippen molar-refractivity contribution in [2.24, 2.45) is 0 Å². The smallest absolute Gasteiger partial charge is 0.272 e. The molecule has 0 saturated carbocycles. The summed E-state index contributed by atoms with van der Waals surface area (Å²) in [5, 5.41) is 3.03. The van der Waals surface area contributed by atoms with E-state index in [0.29, 0.717) is 0 Å². The summed E-state index contributed by atoms with van der Waals surface area (Å²) in [5.41, 5.74) is 4.86. The number of pyridine rings is 1. The van der Waals surface area contributed by atoms with Gasteiger partial charge in [0.05, 0.1) is 21.8 Å². The molecule has 2 aliphatic rings. The zero-order valence-electron chi connectivity index (χ0n) is 11.7. The van der Waals surface area contributed by atoms with Crippen LogP contribution < -0.4 is 5.43 Å². The molecular formula is C14H16Cl2N4OS. The molecule has 4 rings (SSSR count). The fourth-order valence-electron chi connectivity index (χ4n) is 2.63. The van der Waals surface area contributed by atoms with Crippen molar-refractivity contribution < 1.29 is 4.79 Å². The lowest BCUT2D eigenvalue weighted by atomic mass is 10.3. The van der Waals surface area contributed by atoms with E-state index in [0.717, 1.165) is 47.2 Å². The Labute approximate surface area is 144 Å². The Kier molecular flexibility index (Phi) is 5.39. The summed E-state index contributed by atoms with van der Waals surface area (Å²) in [6.07, 6.45) is 6.02. The van der Waals surface area contributed by atoms with Gasteiger partial charge in [-0.2, -0.15) is 0 Å². The van der Waals surface area contributed by atoms with Crippen molar-refractivity contribution in [3.63, 3.8) is 0 Å². The largest absolute Gasteiger partial charge is 0.287 e. The molecule has 0 aromatic carbocycles. The van der Waals surface area contributed by atoms with Crippen molar-refractivity contribution in [1.82, 2.24) is 19.8 Å². The molecule has 4 heterocycles. The van der Waals surface area contributed by atoms with Crippen molar-refractivity contribution in [2.45, 2.75) is 17.9 Å². The summed E-state index contributed by atoms with van der Waals surface area (Å²) < 4.78 is 2.07. The molecule has 5 nitrogen and oxygen atoms in total. The van der Waals surface area contributed by atoms with Gasteiger partial charge in [-0.15, -0.1) is 24.8 Å². The minimum absolute atomic E-state index is 0. The molecule has 8 heteroatoms. The van der Waals surface area contributed by atoms with Crippen LogP contribution in [0.5, 0.6) is 0 Å². The third kappa shape index (κ3) is 2.96. The summed E-state index contributed by atoms with van der Waals surface area (Å²) >= 11 is 1.49. The van der Waals surface area contributed by atoms with Crippen LogP contribution >= 0.6 is 36.6 Å². The number of hydrazine groups is 1. The Morgan fingerprint density at radius 3 is 2.77 bits per heavy atom. The van der Waals surface area contributed by atoms with Crippen molar-refractivity contribution >= 4 is 54.2 Å². The normalized spacial score (nSPS) is 16.6. The van der Waals surface area contributed by atoms with Crippen molar-refractivity contribution in [2.75, 3.05) is 13.1 Å². The maximum atomic E-state index is 12.3. The molecule has 118 valence electrons. The van der Waals surface area contributed by atoms with E-state index in [9.17, 15) is 4.79 Å². The highest BCUT2D eigenvalue weighted by atomic mass is 35.5. The zero-order valence-corrected chi connectivity index (χ0v) is 14.1. The fraction of sp³-hybridized carbons (Fsp3) is 0.286. The minimum Gasteiger partial charge on any atom is -0.287 e. The van der Waals surface area contributed by atoms with E-state index >= 15 is 0 Å². The first-order valence-corrected chi connectivity index (χ1v) is 7.55. The van der Waals surface area contributed by atoms with E-state index in [4.69, 9.17) is 0 Å². The molecule has 0 radical (unpaired) electrons. The number of carbonyl (C=O) groups is 1. The Balaban J connectivity index is 0.000000882. The van der Waals surface area contributed by atoms with E-state index in [1.54, 1.807) is 0 Å². The average molecular weight is 359 g/mol. The Morgan fingerprint density at radius 1 is 1.23 bits per heavy atom. The lowest BCUT2D eigenvalue weighted by Gasteiger charge is -2.19. The van der Waals surface area contributed by atoms with Gasteiger partial charge in [0.25, 0.3) is 5.91 Å². The standard InChI is InChI=1S/C14H14N4OS.2ClH/c19-14(16-17-6-1-2-7-17)11-8-10-9-15-12-4-3-5-13(20-11)18(10)12;;/h3-5,8-9H,1-2,6-7H2,(H,16,19);2*1H. The first-order chi connectivity index (χ1) is 9.81. The number of aromatic nitrogens is 2. The first-order valence-electron chi connectivity index (χ1n) is 6.73. The first kappa shape index (κ1) is 17.1. The van der Waals surface area contributed by atoms with Gasteiger partial charge in [0.2, 0.25) is 0 Å². The number of nitrogens with one attached hydrogen (secondary N) is 1. The fourth-order valence-corrected chi connectivity index (χ4v) is 3.61. The summed E-state index contributed by atoms with van der Waals surface area (Å²) in [4.78, 5) is 17.4. The number of hydrogen-bond acceptors (Lipinski definition) is 4. The van der Waals surface area contributed by atoms with Gasteiger partial charge in [0.15, 0.2) is 0 Å². The number of halogens is 2. The molecule has 0 bridgehead atoms. The Bertz CT molecular complexity index is 725. The van der Waals surface area contributed by atoms with E-state index < -0.39 is 0 Å². The molecule has 2 aromatic heterocycles. The molecule has 0 spiro atoms. The zero-order chi connectivity index (χ0) is 13.5. The van der Waals surface area contributed by atoms with Crippen LogP contribution in [0.1, 0.15) is 18.5 Å². The molecule has 1 saturated heterocycles. The Morgan fingerprint density at radius 2 is 2.00 bits per heavy atom. The van der Waals surface area contributed by atoms with Gasteiger partial charge in [0.1, 0.15) is 5.65 Å². The summed E-state index contributed by atoms with van der Waals surface area (Å²) in [6, 6.07) is 5.95. The van der Waals surface area contributed by atoms with E-state index in [1.165, 1.54) is 11.8 Å². The molecule has 22 heavy (non-hydrogen) atoms. The quantitative estimate of drug-likeness (QED) is 0.896. The van der Waals surface area contributed by atoms with Crippen molar-refractivity contribution in [3.8, 4) is 0 Å². The monoisotopic (exact) mass is 358 g/mol. The topological polar surface area (TPSA) is 49.6 Å². The second kappa shape index (κ2) is 6.91. The number of imidazole rings is 1. The molecule has 2 aliphatic heterocycles. The van der Waals surface area contributed by atoms with Gasteiger partial charge in [-0.1, -0.05) is 17.8 Å². The molecule has 2 aromatic rings. The van der Waals surface area contributed by atoms with E-state index in [1.807, 2.05) is 35.5 Å². The van der Waals surface area contributed by atoms with Crippen LogP contribution in [0, 0.1) is 0 Å². The number of thioether (sulfide) groups is 1. The number of hydrogen-bond donors (Lipinski definition) is 1. The van der Waals surface area contributed by atoms with Crippen LogP contribution in [0.15, 0.2) is 34.3 Å². The van der Waals surface area contributed by atoms with Crippen LogP contribution in [0.4, 0.5) is 0 Å². The second-order valence-corrected chi connectivity index (χ2v) is 6.05. The Hall–Kier alpha value is -1.21. The van der Waals surface area contributed by atoms with Crippen molar-refractivity contribution in [3.05, 3.63) is 35.0 Å². The van der Waals surface area contributed by atoms with Gasteiger partial charge >= 0.3 is 0 Å². The molecular weight excluding hydrogens is 343 g/mol. The van der Waals surface area contributed by atoms with Crippen LogP contribution in [0.2, 0.25) is 0 Å². The second-order valence-electron chi connectivity index (χ2n) is 4.99. The highest BCUT2D eigenvalue weighted by Gasteiger charge is 2.22. The summed E-state index contributed by atoms with van der Waals surface area (Å²) in [6.45, 7) is 1.88. The van der Waals surface area contributed by atoms with Crippen LogP contribution in [-0.4, -0.2) is 33.4 Å². The molecule has 0 atom stereocenters. The highest BCUT2D eigenvalue weighted by Crippen LogP contribution is 2.34. The SMILES string of the molecule is Cl.Cl.O=C(NN1CCCC1)C1=Cc2cnc3cccc(n23)S1. The van der Waals surface area contributed by atoms with E-state index in [2.05, 4.69) is 14.8 Å². The maximum Gasteiger partial charge on any atom is 0.272 e. The van der Waals surface area contributed by atoms with Crippen molar-refractivity contribution in [1.29, 1.82) is 0 Å². The molecule has 1 fully saturated rings. The lowest BCUT2D eigenvalue weighted by Crippen LogP contribution is -2.40. The van der Waals surface area contributed by atoms with Crippen LogP contribution in [0.3, 0.4) is 0 Å². The lowest BCUT2D eigenvalue weighted by molar-refractivity contribution is -0.120. The maximum absolute atomic E-state index is 12.3. The van der Waals surface area contributed by atoms with Gasteiger partial charge in [-0.05, 0) is 31.1 Å². The third-order valence-corrected chi connectivity index (χ3v) is 4.65. The molecule has 1 amide bonds. The third-order valence-electron chi connectivity index (χ3n) is 3.60. The van der Waals surface area contributed by atoms with Gasteiger partial charge in [0, 0.05) is 13.1 Å². The molecule has 0 unspecified atom stereocenters. The minimum atomic E-state index is -0.0265. The number of nitrogens with zero attached hydrogens (tertiary/aromatic N) is 3. The van der Waals surface area contributed by atoms with Crippen LogP contribution in [-0.2, 0) is 4.79 Å². The summed E-state index contributed by atoms with van der Waals surface area (Å²) in [5.74, 6) is -0.0265. The number of rotatable bonds is 2. The van der Waals surface area contributed by atoms with Gasteiger partial charge in [-0.3, -0.25) is 14.6 Å². The predicted molar refractivity (Wildman–Crippen MR) is 92.5 cm³/mol.